The number of aromatic nitrogens is 3. The summed E-state index contributed by atoms with van der Waals surface area (Å²) in [4.78, 5) is 31.2. The molecule has 3 aromatic rings. The van der Waals surface area contributed by atoms with E-state index >= 15 is 4.39 Å². The third-order valence-electron chi connectivity index (χ3n) is 8.25. The Hall–Kier alpha value is -3.10. The van der Waals surface area contributed by atoms with Crippen LogP contribution in [0.25, 0.3) is 22.2 Å². The van der Waals surface area contributed by atoms with Gasteiger partial charge < -0.3 is 25.2 Å². The lowest BCUT2D eigenvalue weighted by Gasteiger charge is -2.41. The maximum absolute atomic E-state index is 16.6. The number of fused-ring (bicyclic) bond motifs is 1. The van der Waals surface area contributed by atoms with E-state index in [-0.39, 0.29) is 57.9 Å². The summed E-state index contributed by atoms with van der Waals surface area (Å²) in [5.41, 5.74) is 2.90. The number of pyridine rings is 1. The molecule has 9 nitrogen and oxygen atoms in total. The molecular weight excluding hydrogens is 622 g/mol. The van der Waals surface area contributed by atoms with Crippen LogP contribution in [-0.2, 0) is 11.0 Å². The van der Waals surface area contributed by atoms with Crippen molar-refractivity contribution in [3.8, 4) is 17.3 Å². The van der Waals surface area contributed by atoms with Crippen LogP contribution in [0.3, 0.4) is 0 Å². The molecule has 2 N–H and O–H groups in total. The van der Waals surface area contributed by atoms with Crippen molar-refractivity contribution in [2.45, 2.75) is 51.4 Å². The third kappa shape index (κ3) is 6.34. The van der Waals surface area contributed by atoms with E-state index in [1.165, 1.54) is 13.0 Å². The summed E-state index contributed by atoms with van der Waals surface area (Å²) in [6.07, 6.45) is -2.64. The maximum atomic E-state index is 16.6. The Morgan fingerprint density at radius 3 is 2.59 bits per heavy atom. The second-order valence-electron chi connectivity index (χ2n) is 11.3. The molecule has 1 aromatic carbocycles. The van der Waals surface area contributed by atoms with E-state index in [1.54, 1.807) is 4.90 Å². The normalized spacial score (nSPS) is 19.7. The molecular formula is C29H34ClF4N7O2S. The van der Waals surface area contributed by atoms with E-state index < -0.39 is 28.8 Å². The van der Waals surface area contributed by atoms with Crippen LogP contribution in [0.2, 0.25) is 5.02 Å². The number of piperazine rings is 1. The van der Waals surface area contributed by atoms with Crippen molar-refractivity contribution in [2.75, 3.05) is 56.2 Å². The minimum atomic E-state index is -4.86. The van der Waals surface area contributed by atoms with Gasteiger partial charge in [-0.3, -0.25) is 4.79 Å². The molecule has 0 unspecified atom stereocenters. The predicted molar refractivity (Wildman–Crippen MR) is 165 cm³/mol. The zero-order valence-corrected chi connectivity index (χ0v) is 26.2. The average Bonchev–Trinajstić information content (AvgIpc) is 3.35. The van der Waals surface area contributed by atoms with Crippen molar-refractivity contribution in [1.29, 1.82) is 0 Å². The first kappa shape index (κ1) is 32.3. The zero-order chi connectivity index (χ0) is 31.9. The third-order valence-corrected chi connectivity index (χ3v) is 8.77. The van der Waals surface area contributed by atoms with Crippen molar-refractivity contribution in [2.24, 2.45) is 0 Å². The van der Waals surface area contributed by atoms with Crippen molar-refractivity contribution >= 4 is 52.7 Å². The predicted octanol–water partition coefficient (Wildman–Crippen LogP) is 5.22. The smallest absolute Gasteiger partial charge is 0.418 e. The lowest BCUT2D eigenvalue weighted by molar-refractivity contribution is -0.137. The second-order valence-corrected chi connectivity index (χ2v) is 12.2. The number of alkyl halides is 3. The Morgan fingerprint density at radius 2 is 1.95 bits per heavy atom. The van der Waals surface area contributed by atoms with Crippen LogP contribution in [0.4, 0.5) is 29.2 Å². The molecule has 5 rings (SSSR count). The van der Waals surface area contributed by atoms with Gasteiger partial charge in [-0.15, -0.1) is 0 Å². The summed E-state index contributed by atoms with van der Waals surface area (Å²) in [5, 5.41) is -0.114. The van der Waals surface area contributed by atoms with Crippen molar-refractivity contribution < 1.29 is 27.1 Å². The highest BCUT2D eigenvalue weighted by atomic mass is 35.5. The Morgan fingerprint density at radius 1 is 1.20 bits per heavy atom. The Balaban J connectivity index is 1.65. The standard InChI is InChI=1S/C29H34ClF4N7O2S/c1-15-11-20(35)36-26(23(15)29(32,33)34)22-19(30)12-18-25(24(22)31)37-28(43-14-17-5-4-7-39(17)3)38-27(18)41-9-8-40(13-16(41)2)21(42)6-10-44/h11-12,16-17,44H,4-10,13-14H2,1-3H3,(H2,35,36)/t16-,17-/m0/s1. The number of nitrogen functional groups attached to an aromatic ring is 1. The summed E-state index contributed by atoms with van der Waals surface area (Å²) >= 11 is 10.7. The van der Waals surface area contributed by atoms with Gasteiger partial charge >= 0.3 is 12.2 Å². The number of nitrogens with two attached hydrogens (primary N) is 1. The first-order valence-corrected chi connectivity index (χ1v) is 15.3. The number of benzene rings is 1. The van der Waals surface area contributed by atoms with E-state index in [0.717, 1.165) is 25.5 Å². The molecule has 0 saturated carbocycles. The maximum Gasteiger partial charge on any atom is 0.418 e. The van der Waals surface area contributed by atoms with Crippen LogP contribution < -0.4 is 15.4 Å². The molecule has 0 aliphatic carbocycles. The highest BCUT2D eigenvalue weighted by Crippen LogP contribution is 2.44. The largest absolute Gasteiger partial charge is 0.462 e. The molecule has 4 heterocycles. The number of carbonyl (C=O) groups excluding carboxylic acids is 1. The fourth-order valence-corrected chi connectivity index (χ4v) is 6.48. The van der Waals surface area contributed by atoms with Gasteiger partial charge in [0.05, 0.1) is 21.8 Å². The number of rotatable bonds is 7. The van der Waals surface area contributed by atoms with E-state index in [9.17, 15) is 18.0 Å². The number of halogens is 5. The number of ether oxygens (including phenoxy) is 1. The lowest BCUT2D eigenvalue weighted by atomic mass is 9.99. The minimum absolute atomic E-state index is 0.0205. The zero-order valence-electron chi connectivity index (χ0n) is 24.6. The first-order chi connectivity index (χ1) is 20.8. The van der Waals surface area contributed by atoms with Gasteiger partial charge in [-0.1, -0.05) is 11.6 Å². The molecule has 15 heteroatoms. The summed E-state index contributed by atoms with van der Waals surface area (Å²) in [6, 6.07) is 2.18. The summed E-state index contributed by atoms with van der Waals surface area (Å²) < 4.78 is 65.2. The Kier molecular flexibility index (Phi) is 9.34. The number of carbonyl (C=O) groups is 1. The number of hydrogen-bond acceptors (Lipinski definition) is 9. The SMILES string of the molecule is Cc1cc(N)nc(-c2c(Cl)cc3c(N4CCN(C(=O)CCS)C[C@@H]4C)nc(OC[C@@H]4CCCN4C)nc3c2F)c1C(F)(F)F. The highest BCUT2D eigenvalue weighted by Gasteiger charge is 2.39. The average molecular weight is 656 g/mol. The van der Waals surface area contributed by atoms with Gasteiger partial charge in [0, 0.05) is 43.5 Å². The molecule has 2 atom stereocenters. The number of hydrogen-bond donors (Lipinski definition) is 2. The van der Waals surface area contributed by atoms with Crippen molar-refractivity contribution in [3.63, 3.8) is 0 Å². The number of anilines is 2. The van der Waals surface area contributed by atoms with E-state index in [0.29, 0.717) is 37.6 Å². The topological polar surface area (TPSA) is 101 Å². The number of thiol groups is 1. The van der Waals surface area contributed by atoms with Crippen molar-refractivity contribution in [3.05, 3.63) is 34.1 Å². The number of likely N-dealkylation sites (N-methyl/N-ethyl adjacent to an activating group) is 1. The fourth-order valence-electron chi connectivity index (χ4n) is 6.01. The summed E-state index contributed by atoms with van der Waals surface area (Å²) in [6.45, 7) is 5.44. The molecule has 44 heavy (non-hydrogen) atoms. The molecule has 2 fully saturated rings. The van der Waals surface area contributed by atoms with Crippen LogP contribution in [0.15, 0.2) is 12.1 Å². The molecule has 0 radical (unpaired) electrons. The van der Waals surface area contributed by atoms with Gasteiger partial charge in [0.1, 0.15) is 23.8 Å². The molecule has 2 aromatic heterocycles. The van der Waals surface area contributed by atoms with Gasteiger partial charge in [-0.25, -0.2) is 9.37 Å². The second kappa shape index (κ2) is 12.7. The summed E-state index contributed by atoms with van der Waals surface area (Å²) in [7, 11) is 1.98. The molecule has 0 spiro atoms. The van der Waals surface area contributed by atoms with Gasteiger partial charge in [-0.2, -0.15) is 35.8 Å². The molecule has 0 bridgehead atoms. The number of aryl methyl sites for hydroxylation is 1. The van der Waals surface area contributed by atoms with Crippen molar-refractivity contribution in [1.82, 2.24) is 24.8 Å². The Bertz CT molecular complexity index is 1580. The van der Waals surface area contributed by atoms with Gasteiger partial charge in [0.25, 0.3) is 0 Å². The number of amides is 1. The lowest BCUT2D eigenvalue weighted by Crippen LogP contribution is -2.54. The van der Waals surface area contributed by atoms with E-state index in [1.807, 2.05) is 18.9 Å². The van der Waals surface area contributed by atoms with Gasteiger partial charge in [0.15, 0.2) is 5.82 Å². The van der Waals surface area contributed by atoms with Crippen LogP contribution in [0.1, 0.15) is 37.3 Å². The molecule has 1 amide bonds. The van der Waals surface area contributed by atoms with Crippen LogP contribution in [-0.4, -0.2) is 88.3 Å². The highest BCUT2D eigenvalue weighted by molar-refractivity contribution is 7.80. The van der Waals surface area contributed by atoms with Crippen LogP contribution in [0, 0.1) is 12.7 Å². The fraction of sp³-hybridized carbons (Fsp3) is 0.517. The quantitative estimate of drug-likeness (QED) is 0.264. The molecule has 2 aliphatic heterocycles. The van der Waals surface area contributed by atoms with E-state index in [2.05, 4.69) is 32.5 Å². The number of likely N-dealkylation sites (tertiary alicyclic amines) is 1. The summed E-state index contributed by atoms with van der Waals surface area (Å²) in [5.74, 6) is -0.601. The monoisotopic (exact) mass is 655 g/mol. The van der Waals surface area contributed by atoms with Gasteiger partial charge in [0.2, 0.25) is 5.91 Å². The molecule has 2 aliphatic rings. The number of nitrogens with zero attached hydrogens (tertiary/aromatic N) is 6. The first-order valence-electron chi connectivity index (χ1n) is 14.3. The minimum Gasteiger partial charge on any atom is -0.462 e. The molecule has 238 valence electrons. The van der Waals surface area contributed by atoms with Gasteiger partial charge in [-0.05, 0) is 63.7 Å². The van der Waals surface area contributed by atoms with Crippen LogP contribution in [0.5, 0.6) is 6.01 Å². The Labute approximate surface area is 263 Å². The van der Waals surface area contributed by atoms with Crippen LogP contribution >= 0.6 is 24.2 Å². The van der Waals surface area contributed by atoms with E-state index in [4.69, 9.17) is 22.1 Å². The molecule has 2 saturated heterocycles.